The van der Waals surface area contributed by atoms with Crippen molar-refractivity contribution in [2.24, 2.45) is 0 Å². The van der Waals surface area contributed by atoms with Gasteiger partial charge in [0.1, 0.15) is 5.75 Å². The highest BCUT2D eigenvalue weighted by atomic mass is 16.5. The number of amides is 1. The molecule has 0 saturated carbocycles. The Morgan fingerprint density at radius 1 is 1.33 bits per heavy atom. The molecule has 21 heavy (non-hydrogen) atoms. The van der Waals surface area contributed by atoms with Crippen molar-refractivity contribution >= 4 is 5.91 Å². The van der Waals surface area contributed by atoms with Gasteiger partial charge in [0.25, 0.3) is 5.91 Å². The Morgan fingerprint density at radius 2 is 1.90 bits per heavy atom. The number of para-hydroxylation sites is 1. The van der Waals surface area contributed by atoms with Crippen LogP contribution in [-0.2, 0) is 4.79 Å². The minimum Gasteiger partial charge on any atom is -0.483 e. The van der Waals surface area contributed by atoms with Gasteiger partial charge >= 0.3 is 0 Å². The average Bonchev–Trinajstić information content (AvgIpc) is 2.34. The van der Waals surface area contributed by atoms with Crippen molar-refractivity contribution in [1.29, 1.82) is 0 Å². The molecule has 0 saturated heterocycles. The third-order valence-corrected chi connectivity index (χ3v) is 3.08. The molecule has 0 aliphatic carbocycles. The lowest BCUT2D eigenvalue weighted by molar-refractivity contribution is -0.124. The van der Waals surface area contributed by atoms with Crippen molar-refractivity contribution in [1.82, 2.24) is 10.2 Å². The van der Waals surface area contributed by atoms with E-state index in [9.17, 15) is 9.90 Å². The molecule has 5 heteroatoms. The van der Waals surface area contributed by atoms with Gasteiger partial charge in [-0.1, -0.05) is 18.2 Å². The number of carbonyl (C=O) groups is 1. The summed E-state index contributed by atoms with van der Waals surface area (Å²) in [6.07, 6.45) is 0. The van der Waals surface area contributed by atoms with E-state index >= 15 is 0 Å². The number of aliphatic hydroxyl groups is 1. The third kappa shape index (κ3) is 6.14. The Balaban J connectivity index is 2.45. The van der Waals surface area contributed by atoms with Gasteiger partial charge in [-0.2, -0.15) is 0 Å². The van der Waals surface area contributed by atoms with Gasteiger partial charge in [0.15, 0.2) is 6.61 Å². The number of nitrogens with zero attached hydrogens (tertiary/aromatic N) is 1. The zero-order valence-electron chi connectivity index (χ0n) is 13.6. The molecule has 0 bridgehead atoms. The number of benzene rings is 1. The molecule has 0 radical (unpaired) electrons. The summed E-state index contributed by atoms with van der Waals surface area (Å²) in [4.78, 5) is 13.7. The second-order valence-corrected chi connectivity index (χ2v) is 6.02. The van der Waals surface area contributed by atoms with E-state index in [1.165, 1.54) is 0 Å². The second kappa shape index (κ2) is 7.43. The Bertz CT molecular complexity index is 464. The molecule has 1 aromatic carbocycles. The number of hydrogen-bond acceptors (Lipinski definition) is 4. The second-order valence-electron chi connectivity index (χ2n) is 6.02. The van der Waals surface area contributed by atoms with Crippen molar-refractivity contribution in [3.8, 4) is 5.75 Å². The molecular formula is C16H26N2O3. The number of likely N-dealkylation sites (N-methyl/N-ethyl adjacent to an activating group) is 1. The van der Waals surface area contributed by atoms with E-state index in [-0.39, 0.29) is 19.1 Å². The van der Waals surface area contributed by atoms with Gasteiger partial charge < -0.3 is 20.1 Å². The lowest BCUT2D eigenvalue weighted by Gasteiger charge is -2.27. The van der Waals surface area contributed by atoms with Crippen LogP contribution in [0, 0.1) is 13.8 Å². The van der Waals surface area contributed by atoms with Gasteiger partial charge in [0.2, 0.25) is 0 Å². The van der Waals surface area contributed by atoms with Crippen molar-refractivity contribution in [3.05, 3.63) is 29.3 Å². The maximum absolute atomic E-state index is 11.8. The van der Waals surface area contributed by atoms with Gasteiger partial charge in [-0.15, -0.1) is 0 Å². The van der Waals surface area contributed by atoms with E-state index in [2.05, 4.69) is 5.32 Å². The predicted molar refractivity (Wildman–Crippen MR) is 83.6 cm³/mol. The Hall–Kier alpha value is -1.59. The summed E-state index contributed by atoms with van der Waals surface area (Å²) in [6.45, 7) is 6.21. The Labute approximate surface area is 126 Å². The largest absolute Gasteiger partial charge is 0.483 e. The van der Waals surface area contributed by atoms with E-state index in [4.69, 9.17) is 4.74 Å². The van der Waals surface area contributed by atoms with E-state index in [1.807, 2.05) is 51.0 Å². The molecule has 0 heterocycles. The van der Waals surface area contributed by atoms with Gasteiger partial charge in [0.05, 0.1) is 5.60 Å². The highest BCUT2D eigenvalue weighted by molar-refractivity contribution is 5.77. The van der Waals surface area contributed by atoms with Gasteiger partial charge in [-0.05, 0) is 46.0 Å². The third-order valence-electron chi connectivity index (χ3n) is 3.08. The number of carbonyl (C=O) groups excluding carboxylic acids is 1. The van der Waals surface area contributed by atoms with E-state index in [0.29, 0.717) is 6.54 Å². The highest BCUT2D eigenvalue weighted by Gasteiger charge is 2.22. The topological polar surface area (TPSA) is 61.8 Å². The summed E-state index contributed by atoms with van der Waals surface area (Å²) < 4.78 is 5.57. The maximum atomic E-state index is 11.8. The molecule has 1 amide bonds. The van der Waals surface area contributed by atoms with E-state index in [0.717, 1.165) is 16.9 Å². The molecule has 0 aliphatic heterocycles. The quantitative estimate of drug-likeness (QED) is 0.791. The molecule has 118 valence electrons. The first-order valence-corrected chi connectivity index (χ1v) is 7.04. The van der Waals surface area contributed by atoms with Crippen molar-refractivity contribution < 1.29 is 14.6 Å². The van der Waals surface area contributed by atoms with E-state index in [1.54, 1.807) is 6.92 Å². The summed E-state index contributed by atoms with van der Waals surface area (Å²) >= 11 is 0. The standard InChI is InChI=1S/C16H26N2O3/c1-12-7-6-8-13(2)15(12)21-9-14(19)17-10-16(3,20)11-18(4)5/h6-8,20H,9-11H2,1-5H3,(H,17,19). The number of aryl methyl sites for hydroxylation is 2. The summed E-state index contributed by atoms with van der Waals surface area (Å²) in [6, 6.07) is 5.85. The summed E-state index contributed by atoms with van der Waals surface area (Å²) in [5, 5.41) is 12.8. The zero-order valence-corrected chi connectivity index (χ0v) is 13.6. The fourth-order valence-corrected chi connectivity index (χ4v) is 2.24. The fourth-order valence-electron chi connectivity index (χ4n) is 2.24. The van der Waals surface area contributed by atoms with Crippen molar-refractivity contribution in [2.75, 3.05) is 33.8 Å². The average molecular weight is 294 g/mol. The van der Waals surface area contributed by atoms with Crippen LogP contribution in [0.3, 0.4) is 0 Å². The monoisotopic (exact) mass is 294 g/mol. The summed E-state index contributed by atoms with van der Waals surface area (Å²) in [7, 11) is 3.75. The molecule has 5 nitrogen and oxygen atoms in total. The molecule has 0 aliphatic rings. The molecule has 0 aromatic heterocycles. The van der Waals surface area contributed by atoms with Crippen LogP contribution in [0.15, 0.2) is 18.2 Å². The maximum Gasteiger partial charge on any atom is 0.258 e. The van der Waals surface area contributed by atoms with Crippen LogP contribution in [0.1, 0.15) is 18.1 Å². The molecular weight excluding hydrogens is 268 g/mol. The first kappa shape index (κ1) is 17.5. The molecule has 2 N–H and O–H groups in total. The lowest BCUT2D eigenvalue weighted by Crippen LogP contribution is -2.48. The van der Waals surface area contributed by atoms with Crippen LogP contribution in [0.25, 0.3) is 0 Å². The van der Waals surface area contributed by atoms with Gasteiger partial charge in [-0.25, -0.2) is 0 Å². The molecule has 1 rings (SSSR count). The Kier molecular flexibility index (Phi) is 6.18. The van der Waals surface area contributed by atoms with Crippen molar-refractivity contribution in [2.45, 2.75) is 26.4 Å². The van der Waals surface area contributed by atoms with Crippen LogP contribution in [0.5, 0.6) is 5.75 Å². The molecule has 0 spiro atoms. The van der Waals surface area contributed by atoms with Crippen molar-refractivity contribution in [3.63, 3.8) is 0 Å². The van der Waals surface area contributed by atoms with Crippen LogP contribution in [-0.4, -0.2) is 55.3 Å². The minimum atomic E-state index is -0.961. The first-order valence-electron chi connectivity index (χ1n) is 7.04. The molecule has 1 unspecified atom stereocenters. The number of rotatable bonds is 7. The van der Waals surface area contributed by atoms with Gasteiger partial charge in [0, 0.05) is 13.1 Å². The number of hydrogen-bond donors (Lipinski definition) is 2. The normalized spacial score (nSPS) is 13.9. The first-order chi connectivity index (χ1) is 9.71. The van der Waals surface area contributed by atoms with E-state index < -0.39 is 5.60 Å². The fraction of sp³-hybridized carbons (Fsp3) is 0.562. The smallest absolute Gasteiger partial charge is 0.258 e. The van der Waals surface area contributed by atoms with Crippen LogP contribution >= 0.6 is 0 Å². The lowest BCUT2D eigenvalue weighted by atomic mass is 10.1. The Morgan fingerprint density at radius 3 is 2.43 bits per heavy atom. The molecule has 1 aromatic rings. The zero-order chi connectivity index (χ0) is 16.0. The molecule has 0 fully saturated rings. The predicted octanol–water partition coefficient (Wildman–Crippen LogP) is 1.11. The van der Waals surface area contributed by atoms with Crippen LogP contribution in [0.2, 0.25) is 0 Å². The number of ether oxygens (including phenoxy) is 1. The SMILES string of the molecule is Cc1cccc(C)c1OCC(=O)NCC(C)(O)CN(C)C. The van der Waals surface area contributed by atoms with Crippen LogP contribution < -0.4 is 10.1 Å². The summed E-state index contributed by atoms with van der Waals surface area (Å²) in [5.41, 5.74) is 1.04. The highest BCUT2D eigenvalue weighted by Crippen LogP contribution is 2.21. The van der Waals surface area contributed by atoms with Crippen LogP contribution in [0.4, 0.5) is 0 Å². The van der Waals surface area contributed by atoms with Gasteiger partial charge in [-0.3, -0.25) is 4.79 Å². The minimum absolute atomic E-state index is 0.0518. The summed E-state index contributed by atoms with van der Waals surface area (Å²) in [5.74, 6) is 0.504. The molecule has 1 atom stereocenters. The number of nitrogens with one attached hydrogen (secondary N) is 1.